The van der Waals surface area contributed by atoms with Crippen LogP contribution in [0.5, 0.6) is 40.2 Å². The molecular formula is C25H22O10. The fourth-order valence-electron chi connectivity index (χ4n) is 4.27. The summed E-state index contributed by atoms with van der Waals surface area (Å²) in [6, 6.07) is 11.5. The molecule has 5 rings (SSSR count). The maximum absolute atomic E-state index is 12.9. The number of phenols is 3. The van der Waals surface area contributed by atoms with Gasteiger partial charge in [0.25, 0.3) is 0 Å². The summed E-state index contributed by atoms with van der Waals surface area (Å²) in [6.07, 6.45) is -4.42. The number of aliphatic hydroxyl groups is 2. The van der Waals surface area contributed by atoms with Gasteiger partial charge in [-0.25, -0.2) is 0 Å². The van der Waals surface area contributed by atoms with E-state index in [-0.39, 0.29) is 40.9 Å². The molecule has 2 heterocycles. The van der Waals surface area contributed by atoms with Gasteiger partial charge in [-0.1, -0.05) is 12.1 Å². The van der Waals surface area contributed by atoms with Crippen molar-refractivity contribution in [2.75, 3.05) is 13.7 Å². The van der Waals surface area contributed by atoms with Crippen molar-refractivity contribution < 1.29 is 49.3 Å². The number of rotatable bonds is 4. The zero-order valence-electron chi connectivity index (χ0n) is 18.4. The van der Waals surface area contributed by atoms with Gasteiger partial charge in [-0.3, -0.25) is 4.79 Å². The monoisotopic (exact) mass is 482 g/mol. The van der Waals surface area contributed by atoms with E-state index >= 15 is 0 Å². The first-order valence-corrected chi connectivity index (χ1v) is 10.7. The SMILES string of the molecule is COc1cc([C@H]2Oc3cc(C4Oc5cc(O)cc(O)c5C(O)C4=O)ccc3O[C@@H]2CO)ccc1O. The molecular weight excluding hydrogens is 460 g/mol. The lowest BCUT2D eigenvalue weighted by Gasteiger charge is -2.34. The van der Waals surface area contributed by atoms with E-state index < -0.39 is 35.9 Å². The van der Waals surface area contributed by atoms with Crippen LogP contribution >= 0.6 is 0 Å². The Morgan fingerprint density at radius 2 is 1.63 bits per heavy atom. The van der Waals surface area contributed by atoms with Crippen molar-refractivity contribution in [1.82, 2.24) is 0 Å². The summed E-state index contributed by atoms with van der Waals surface area (Å²) in [6.45, 7) is -0.352. The molecule has 10 heteroatoms. The van der Waals surface area contributed by atoms with Gasteiger partial charge in [0.2, 0.25) is 5.78 Å². The molecule has 0 bridgehead atoms. The third kappa shape index (κ3) is 3.82. The van der Waals surface area contributed by atoms with Crippen molar-refractivity contribution in [3.05, 3.63) is 65.2 Å². The molecule has 5 N–H and O–H groups in total. The summed E-state index contributed by atoms with van der Waals surface area (Å²) in [5, 5.41) is 50.1. The topological polar surface area (TPSA) is 155 Å². The van der Waals surface area contributed by atoms with E-state index in [1.54, 1.807) is 24.3 Å². The Hall–Kier alpha value is -4.15. The number of carbonyl (C=O) groups is 1. The van der Waals surface area contributed by atoms with Crippen molar-refractivity contribution in [2.45, 2.75) is 24.4 Å². The number of fused-ring (bicyclic) bond motifs is 2. The number of aromatic hydroxyl groups is 3. The Bertz CT molecular complexity index is 1300. The molecule has 2 unspecified atom stereocenters. The zero-order valence-corrected chi connectivity index (χ0v) is 18.4. The van der Waals surface area contributed by atoms with Crippen LogP contribution in [0.1, 0.15) is 35.0 Å². The Morgan fingerprint density at radius 3 is 2.37 bits per heavy atom. The molecule has 3 aromatic carbocycles. The summed E-state index contributed by atoms with van der Waals surface area (Å²) < 4.78 is 22.9. The molecule has 182 valence electrons. The van der Waals surface area contributed by atoms with Gasteiger partial charge >= 0.3 is 0 Å². The van der Waals surface area contributed by atoms with E-state index in [1.807, 2.05) is 0 Å². The van der Waals surface area contributed by atoms with Crippen LogP contribution in [-0.2, 0) is 4.79 Å². The molecule has 0 aliphatic carbocycles. The minimum atomic E-state index is -1.66. The van der Waals surface area contributed by atoms with E-state index in [0.29, 0.717) is 16.9 Å². The average Bonchev–Trinajstić information content (AvgIpc) is 2.85. The minimum Gasteiger partial charge on any atom is -0.508 e. The molecule has 4 atom stereocenters. The molecule has 10 nitrogen and oxygen atoms in total. The molecule has 35 heavy (non-hydrogen) atoms. The average molecular weight is 482 g/mol. The second-order valence-electron chi connectivity index (χ2n) is 8.19. The Balaban J connectivity index is 1.49. The second kappa shape index (κ2) is 8.57. The fourth-order valence-corrected chi connectivity index (χ4v) is 4.27. The standard InChI is InChI=1S/C25H22O10/c1-32-17-6-11(2-4-14(17)28)24-20(10-26)33-16-5-3-12(7-18(16)34-24)25-23(31)22(30)21-15(29)8-13(27)9-19(21)35-25/h2-9,20,22,24-30H,10H2,1H3/t20-,22?,24-,25?/m1/s1. The van der Waals surface area contributed by atoms with Crippen LogP contribution in [-0.4, -0.2) is 51.1 Å². The Morgan fingerprint density at radius 1 is 0.857 bits per heavy atom. The van der Waals surface area contributed by atoms with Gasteiger partial charge in [0, 0.05) is 23.3 Å². The van der Waals surface area contributed by atoms with E-state index in [9.17, 15) is 30.3 Å². The molecule has 0 fully saturated rings. The fraction of sp³-hybridized carbons (Fsp3) is 0.240. The van der Waals surface area contributed by atoms with Crippen molar-refractivity contribution in [3.63, 3.8) is 0 Å². The number of carbonyl (C=O) groups excluding carboxylic acids is 1. The normalized spacial score (nSPS) is 22.8. The number of hydrogen-bond acceptors (Lipinski definition) is 10. The highest BCUT2D eigenvalue weighted by atomic mass is 16.6. The van der Waals surface area contributed by atoms with Gasteiger partial charge in [0.1, 0.15) is 23.4 Å². The summed E-state index contributed by atoms with van der Waals surface area (Å²) >= 11 is 0. The quantitative estimate of drug-likeness (QED) is 0.374. The smallest absolute Gasteiger partial charge is 0.211 e. The molecule has 2 aliphatic heterocycles. The largest absolute Gasteiger partial charge is 0.508 e. The number of benzene rings is 3. The number of hydrogen-bond donors (Lipinski definition) is 5. The van der Waals surface area contributed by atoms with Crippen molar-refractivity contribution in [3.8, 4) is 40.2 Å². The van der Waals surface area contributed by atoms with Crippen LogP contribution in [0.3, 0.4) is 0 Å². The minimum absolute atomic E-state index is 0.0242. The van der Waals surface area contributed by atoms with E-state index in [4.69, 9.17) is 18.9 Å². The first-order valence-electron chi connectivity index (χ1n) is 10.7. The predicted octanol–water partition coefficient (Wildman–Crippen LogP) is 2.42. The molecule has 0 radical (unpaired) electrons. The third-order valence-corrected chi connectivity index (χ3v) is 6.00. The number of aliphatic hydroxyl groups excluding tert-OH is 2. The van der Waals surface area contributed by atoms with Crippen molar-refractivity contribution in [2.24, 2.45) is 0 Å². The highest BCUT2D eigenvalue weighted by Crippen LogP contribution is 2.47. The number of ether oxygens (including phenoxy) is 4. The zero-order chi connectivity index (χ0) is 24.9. The number of phenolic OH excluding ortho intramolecular Hbond substituents is 3. The predicted molar refractivity (Wildman–Crippen MR) is 119 cm³/mol. The number of ketones is 1. The summed E-state index contributed by atoms with van der Waals surface area (Å²) in [5.74, 6) is -0.710. The van der Waals surface area contributed by atoms with Gasteiger partial charge < -0.3 is 44.5 Å². The number of Topliss-reactive ketones (excluding diaryl/α,β-unsaturated/α-hetero) is 1. The van der Waals surface area contributed by atoms with Gasteiger partial charge in [-0.05, 0) is 24.3 Å². The van der Waals surface area contributed by atoms with Crippen LogP contribution < -0.4 is 18.9 Å². The van der Waals surface area contributed by atoms with Crippen LogP contribution in [0.25, 0.3) is 0 Å². The van der Waals surface area contributed by atoms with Gasteiger partial charge in [0.15, 0.2) is 41.3 Å². The molecule has 0 saturated heterocycles. The van der Waals surface area contributed by atoms with Gasteiger partial charge in [0.05, 0.1) is 19.3 Å². The highest BCUT2D eigenvalue weighted by Gasteiger charge is 2.40. The van der Waals surface area contributed by atoms with E-state index in [2.05, 4.69) is 0 Å². The second-order valence-corrected chi connectivity index (χ2v) is 8.19. The lowest BCUT2D eigenvalue weighted by molar-refractivity contribution is -0.137. The first-order chi connectivity index (χ1) is 16.8. The maximum atomic E-state index is 12.9. The van der Waals surface area contributed by atoms with E-state index in [0.717, 1.165) is 6.07 Å². The van der Waals surface area contributed by atoms with Crippen molar-refractivity contribution in [1.29, 1.82) is 0 Å². The maximum Gasteiger partial charge on any atom is 0.211 e. The Labute approximate surface area is 199 Å². The molecule has 2 aliphatic rings. The summed E-state index contributed by atoms with van der Waals surface area (Å²) in [7, 11) is 1.41. The summed E-state index contributed by atoms with van der Waals surface area (Å²) in [5.41, 5.74) is 0.804. The third-order valence-electron chi connectivity index (χ3n) is 6.00. The highest BCUT2D eigenvalue weighted by molar-refractivity contribution is 5.92. The van der Waals surface area contributed by atoms with Crippen LogP contribution in [0, 0.1) is 0 Å². The van der Waals surface area contributed by atoms with Crippen LogP contribution in [0.15, 0.2) is 48.5 Å². The Kier molecular flexibility index (Phi) is 5.54. The summed E-state index contributed by atoms with van der Waals surface area (Å²) in [4.78, 5) is 12.9. The molecule has 0 spiro atoms. The molecule has 0 amide bonds. The molecule has 0 saturated carbocycles. The lowest BCUT2D eigenvalue weighted by Crippen LogP contribution is -2.36. The first kappa shape index (κ1) is 22.6. The molecule has 0 aromatic heterocycles. The van der Waals surface area contributed by atoms with Crippen LogP contribution in [0.4, 0.5) is 0 Å². The number of methoxy groups -OCH3 is 1. The molecule has 3 aromatic rings. The van der Waals surface area contributed by atoms with Gasteiger partial charge in [-0.15, -0.1) is 0 Å². The van der Waals surface area contributed by atoms with Crippen LogP contribution in [0.2, 0.25) is 0 Å². The lowest BCUT2D eigenvalue weighted by atomic mass is 9.92. The van der Waals surface area contributed by atoms with Crippen molar-refractivity contribution >= 4 is 5.78 Å². The van der Waals surface area contributed by atoms with Gasteiger partial charge in [-0.2, -0.15) is 0 Å². The van der Waals surface area contributed by atoms with E-state index in [1.165, 1.54) is 25.3 Å².